The van der Waals surface area contributed by atoms with E-state index in [9.17, 15) is 9.59 Å². The molecule has 1 aromatic carbocycles. The average Bonchev–Trinajstić information content (AvgIpc) is 3.23. The number of benzene rings is 1. The van der Waals surface area contributed by atoms with Crippen molar-refractivity contribution in [3.05, 3.63) is 46.3 Å². The first-order valence-corrected chi connectivity index (χ1v) is 9.89. The van der Waals surface area contributed by atoms with Gasteiger partial charge in [0.15, 0.2) is 0 Å². The first-order valence-electron chi connectivity index (χ1n) is 9.89. The van der Waals surface area contributed by atoms with Crippen molar-refractivity contribution in [2.24, 2.45) is 0 Å². The maximum atomic E-state index is 13.3. The molecule has 0 radical (unpaired) electrons. The van der Waals surface area contributed by atoms with Gasteiger partial charge in [0.05, 0.1) is 23.5 Å². The summed E-state index contributed by atoms with van der Waals surface area (Å²) < 4.78 is 7.02. The molecule has 0 N–H and O–H groups in total. The molecule has 1 saturated heterocycles. The van der Waals surface area contributed by atoms with E-state index in [0.29, 0.717) is 26.2 Å². The van der Waals surface area contributed by atoms with E-state index in [1.54, 1.807) is 4.90 Å². The molecule has 7 heteroatoms. The summed E-state index contributed by atoms with van der Waals surface area (Å²) in [6.45, 7) is 8.97. The van der Waals surface area contributed by atoms with Crippen LogP contribution in [0.15, 0.2) is 18.2 Å². The van der Waals surface area contributed by atoms with Crippen molar-refractivity contribution in [3.63, 3.8) is 0 Å². The van der Waals surface area contributed by atoms with E-state index in [0.717, 1.165) is 53.2 Å². The number of carbonyl (C=O) groups excluding carboxylic acids is 2. The van der Waals surface area contributed by atoms with Crippen LogP contribution in [-0.4, -0.2) is 46.4 Å². The van der Waals surface area contributed by atoms with Crippen molar-refractivity contribution in [3.8, 4) is 0 Å². The van der Waals surface area contributed by atoms with E-state index in [-0.39, 0.29) is 12.0 Å². The van der Waals surface area contributed by atoms with Crippen molar-refractivity contribution in [1.29, 1.82) is 0 Å². The van der Waals surface area contributed by atoms with Crippen LogP contribution in [0.1, 0.15) is 46.2 Å². The summed E-state index contributed by atoms with van der Waals surface area (Å²) >= 11 is 0. The maximum Gasteiger partial charge on any atom is 0.414 e. The zero-order valence-electron chi connectivity index (χ0n) is 16.7. The van der Waals surface area contributed by atoms with Crippen molar-refractivity contribution in [2.45, 2.75) is 46.7 Å². The molecule has 1 fully saturated rings. The predicted octanol–water partition coefficient (Wildman–Crippen LogP) is 3.07. The molecule has 0 spiro atoms. The van der Waals surface area contributed by atoms with Gasteiger partial charge in [-0.1, -0.05) is 19.1 Å². The Labute approximate surface area is 164 Å². The van der Waals surface area contributed by atoms with Gasteiger partial charge >= 0.3 is 6.09 Å². The van der Waals surface area contributed by atoms with Crippen LogP contribution in [-0.2, 0) is 24.2 Å². The number of carbonyl (C=O) groups is 2. The second kappa shape index (κ2) is 7.30. The number of fused-ring (bicyclic) bond motifs is 1. The fourth-order valence-corrected chi connectivity index (χ4v) is 4.22. The summed E-state index contributed by atoms with van der Waals surface area (Å²) in [5.74, 6) is 0.0361. The molecule has 0 saturated carbocycles. The molecule has 1 aromatic heterocycles. The summed E-state index contributed by atoms with van der Waals surface area (Å²) in [7, 11) is 0. The standard InChI is InChI=1S/C21H26N4O3/c1-4-9-25-15(3)19(14(2)22-25)20(26)23-10-8-17-16(13-23)6-5-7-18(17)24-11-12-28-21(24)27/h5-7H,4,8-13H2,1-3H3. The van der Waals surface area contributed by atoms with Gasteiger partial charge in [-0.2, -0.15) is 5.10 Å². The molecule has 7 nitrogen and oxygen atoms in total. The Hall–Kier alpha value is -2.83. The molecule has 0 atom stereocenters. The number of rotatable bonds is 4. The quantitative estimate of drug-likeness (QED) is 0.815. The van der Waals surface area contributed by atoms with Gasteiger partial charge < -0.3 is 9.64 Å². The highest BCUT2D eigenvalue weighted by Gasteiger charge is 2.31. The van der Waals surface area contributed by atoms with Gasteiger partial charge in [-0.05, 0) is 43.9 Å². The largest absolute Gasteiger partial charge is 0.447 e. The predicted molar refractivity (Wildman–Crippen MR) is 106 cm³/mol. The lowest BCUT2D eigenvalue weighted by molar-refractivity contribution is 0.0733. The summed E-state index contributed by atoms with van der Waals surface area (Å²) in [5, 5.41) is 4.55. The molecule has 0 unspecified atom stereocenters. The summed E-state index contributed by atoms with van der Waals surface area (Å²) in [6.07, 6.45) is 1.41. The molecule has 28 heavy (non-hydrogen) atoms. The number of hydrogen-bond acceptors (Lipinski definition) is 4. The number of aromatic nitrogens is 2. The monoisotopic (exact) mass is 382 g/mol. The second-order valence-corrected chi connectivity index (χ2v) is 7.43. The summed E-state index contributed by atoms with van der Waals surface area (Å²) in [5.41, 5.74) is 5.58. The molecule has 4 rings (SSSR count). The number of ether oxygens (including phenoxy) is 1. The number of hydrogen-bond donors (Lipinski definition) is 0. The van der Waals surface area contributed by atoms with Crippen LogP contribution in [0.3, 0.4) is 0 Å². The number of anilines is 1. The Morgan fingerprint density at radius 1 is 1.25 bits per heavy atom. The first-order chi connectivity index (χ1) is 13.5. The van der Waals surface area contributed by atoms with Crippen molar-refractivity contribution in [1.82, 2.24) is 14.7 Å². The lowest BCUT2D eigenvalue weighted by atomic mass is 9.96. The van der Waals surface area contributed by atoms with Crippen LogP contribution in [0.2, 0.25) is 0 Å². The Balaban J connectivity index is 1.60. The topological polar surface area (TPSA) is 67.7 Å². The third-order valence-corrected chi connectivity index (χ3v) is 5.61. The number of amides is 2. The van der Waals surface area contributed by atoms with E-state index in [4.69, 9.17) is 4.74 Å². The fourth-order valence-electron chi connectivity index (χ4n) is 4.22. The van der Waals surface area contributed by atoms with Crippen LogP contribution in [0.5, 0.6) is 0 Å². The number of nitrogens with zero attached hydrogens (tertiary/aromatic N) is 4. The van der Waals surface area contributed by atoms with Crippen molar-refractivity contribution >= 4 is 17.7 Å². The molecular weight excluding hydrogens is 356 g/mol. The minimum Gasteiger partial charge on any atom is -0.447 e. The van der Waals surface area contributed by atoms with E-state index in [1.807, 2.05) is 41.6 Å². The van der Waals surface area contributed by atoms with E-state index < -0.39 is 0 Å². The van der Waals surface area contributed by atoms with E-state index in [1.165, 1.54) is 0 Å². The molecule has 0 aliphatic carbocycles. The highest BCUT2D eigenvalue weighted by atomic mass is 16.6. The SMILES string of the molecule is CCCn1nc(C)c(C(=O)N2CCc3c(cccc3N3CCOC3=O)C2)c1C. The normalized spacial score (nSPS) is 16.3. The molecule has 2 aliphatic heterocycles. The van der Waals surface area contributed by atoms with Gasteiger partial charge in [0.2, 0.25) is 0 Å². The minimum absolute atomic E-state index is 0.0361. The maximum absolute atomic E-state index is 13.3. The first kappa shape index (κ1) is 18.5. The lowest BCUT2D eigenvalue weighted by Gasteiger charge is -2.31. The highest BCUT2D eigenvalue weighted by molar-refractivity contribution is 5.97. The fraction of sp³-hybridized carbons (Fsp3) is 0.476. The third kappa shape index (κ3) is 3.04. The molecule has 148 valence electrons. The molecule has 2 aromatic rings. The molecular formula is C21H26N4O3. The average molecular weight is 382 g/mol. The minimum atomic E-state index is -0.290. The van der Waals surface area contributed by atoms with Crippen LogP contribution >= 0.6 is 0 Å². The number of cyclic esters (lactones) is 1. The highest BCUT2D eigenvalue weighted by Crippen LogP contribution is 2.31. The molecule has 2 aliphatic rings. The summed E-state index contributed by atoms with van der Waals surface area (Å²) in [4.78, 5) is 28.8. The Bertz CT molecular complexity index is 934. The zero-order valence-corrected chi connectivity index (χ0v) is 16.7. The Morgan fingerprint density at radius 2 is 2.07 bits per heavy atom. The lowest BCUT2D eigenvalue weighted by Crippen LogP contribution is -2.37. The van der Waals surface area contributed by atoms with Gasteiger partial charge in [-0.3, -0.25) is 14.4 Å². The molecule has 3 heterocycles. The Kier molecular flexibility index (Phi) is 4.83. The third-order valence-electron chi connectivity index (χ3n) is 5.61. The summed E-state index contributed by atoms with van der Waals surface area (Å²) in [6, 6.07) is 5.95. The van der Waals surface area contributed by atoms with Gasteiger partial charge in [0.25, 0.3) is 5.91 Å². The van der Waals surface area contributed by atoms with Crippen LogP contribution in [0.25, 0.3) is 0 Å². The van der Waals surface area contributed by atoms with Gasteiger partial charge in [0.1, 0.15) is 6.61 Å². The van der Waals surface area contributed by atoms with Crippen LogP contribution in [0, 0.1) is 13.8 Å². The molecule has 2 amide bonds. The van der Waals surface area contributed by atoms with Gasteiger partial charge in [0, 0.05) is 25.3 Å². The second-order valence-electron chi connectivity index (χ2n) is 7.43. The van der Waals surface area contributed by atoms with E-state index >= 15 is 0 Å². The van der Waals surface area contributed by atoms with Gasteiger partial charge in [-0.25, -0.2) is 4.79 Å². The zero-order chi connectivity index (χ0) is 19.8. The van der Waals surface area contributed by atoms with Gasteiger partial charge in [-0.15, -0.1) is 0 Å². The van der Waals surface area contributed by atoms with Crippen molar-refractivity contribution in [2.75, 3.05) is 24.6 Å². The van der Waals surface area contributed by atoms with E-state index in [2.05, 4.69) is 12.0 Å². The number of aryl methyl sites for hydroxylation is 2. The smallest absolute Gasteiger partial charge is 0.414 e. The van der Waals surface area contributed by atoms with Crippen LogP contribution < -0.4 is 4.90 Å². The molecule has 0 bridgehead atoms. The Morgan fingerprint density at radius 3 is 2.79 bits per heavy atom. The van der Waals surface area contributed by atoms with Crippen LogP contribution in [0.4, 0.5) is 10.5 Å². The van der Waals surface area contributed by atoms with Crippen molar-refractivity contribution < 1.29 is 14.3 Å².